The summed E-state index contributed by atoms with van der Waals surface area (Å²) in [6.07, 6.45) is 5.33. The molecule has 0 unspecified atom stereocenters. The summed E-state index contributed by atoms with van der Waals surface area (Å²) in [5, 5.41) is 7.06. The maximum Gasteiger partial charge on any atom is 0.249 e. The number of aryl methyl sites for hydroxylation is 1. The Morgan fingerprint density at radius 2 is 2.27 bits per heavy atom. The molecule has 1 amide bonds. The Kier molecular flexibility index (Phi) is 4.15. The summed E-state index contributed by atoms with van der Waals surface area (Å²) in [5.74, 6) is -0.00111. The van der Waals surface area contributed by atoms with E-state index in [0.29, 0.717) is 0 Å². The lowest BCUT2D eigenvalue weighted by Gasteiger charge is -2.23. The van der Waals surface area contributed by atoms with Gasteiger partial charge in [-0.25, -0.2) is 0 Å². The van der Waals surface area contributed by atoms with Crippen molar-refractivity contribution in [3.63, 3.8) is 0 Å². The molecule has 22 heavy (non-hydrogen) atoms. The van der Waals surface area contributed by atoms with Crippen LogP contribution in [0.1, 0.15) is 30.3 Å². The van der Waals surface area contributed by atoms with Crippen LogP contribution in [0, 0.1) is 6.92 Å². The van der Waals surface area contributed by atoms with Gasteiger partial charge in [-0.15, -0.1) is 0 Å². The fraction of sp³-hybridized carbons (Fsp3) is 0.467. The summed E-state index contributed by atoms with van der Waals surface area (Å²) in [5.41, 5.74) is 3.29. The molecule has 1 saturated heterocycles. The first-order chi connectivity index (χ1) is 10.7. The number of nitrogens with one attached hydrogen (secondary N) is 1. The zero-order valence-electron chi connectivity index (χ0n) is 12.7. The smallest absolute Gasteiger partial charge is 0.249 e. The molecule has 0 radical (unpaired) electrons. The maximum atomic E-state index is 12.1. The lowest BCUT2D eigenvalue weighted by molar-refractivity contribution is -0.136. The zero-order chi connectivity index (χ0) is 15.5. The number of nitrogens with zero attached hydrogens (tertiary/aromatic N) is 4. The lowest BCUT2D eigenvalue weighted by Crippen LogP contribution is -2.33. The van der Waals surface area contributed by atoms with Crippen molar-refractivity contribution in [3.05, 3.63) is 29.8 Å². The molecule has 3 rings (SSSR count). The minimum absolute atomic E-state index is 0.00111. The Bertz CT molecular complexity index is 652. The first-order valence-electron chi connectivity index (χ1n) is 7.32. The normalized spacial score (nSPS) is 17.9. The lowest BCUT2D eigenvalue weighted by atomic mass is 10.1. The first-order valence-corrected chi connectivity index (χ1v) is 7.32. The van der Waals surface area contributed by atoms with Crippen molar-refractivity contribution in [2.45, 2.75) is 25.8 Å². The third-order valence-corrected chi connectivity index (χ3v) is 3.82. The average Bonchev–Trinajstić information content (AvgIpc) is 3.16. The number of methoxy groups -OCH3 is 1. The van der Waals surface area contributed by atoms with Crippen LogP contribution in [0.2, 0.25) is 0 Å². The van der Waals surface area contributed by atoms with Crippen LogP contribution in [-0.2, 0) is 9.53 Å². The van der Waals surface area contributed by atoms with E-state index in [1.807, 2.05) is 17.9 Å². The molecule has 116 valence electrons. The van der Waals surface area contributed by atoms with Crippen LogP contribution in [0.3, 0.4) is 0 Å². The van der Waals surface area contributed by atoms with Gasteiger partial charge in [-0.05, 0) is 25.8 Å². The van der Waals surface area contributed by atoms with Crippen molar-refractivity contribution in [3.8, 4) is 11.4 Å². The van der Waals surface area contributed by atoms with E-state index in [9.17, 15) is 4.79 Å². The largest absolute Gasteiger partial charge is 0.375 e. The second-order valence-electron chi connectivity index (χ2n) is 5.44. The van der Waals surface area contributed by atoms with Gasteiger partial charge in [-0.2, -0.15) is 5.10 Å². The van der Waals surface area contributed by atoms with Gasteiger partial charge in [0, 0.05) is 19.3 Å². The number of hydrogen-bond acceptors (Lipinski definition) is 5. The summed E-state index contributed by atoms with van der Waals surface area (Å²) < 4.78 is 4.94. The molecule has 1 atom stereocenters. The number of rotatable bonds is 4. The van der Waals surface area contributed by atoms with E-state index < -0.39 is 0 Å². The quantitative estimate of drug-likeness (QED) is 0.925. The van der Waals surface area contributed by atoms with Crippen molar-refractivity contribution >= 4 is 5.91 Å². The van der Waals surface area contributed by atoms with Crippen molar-refractivity contribution in [1.29, 1.82) is 0 Å². The van der Waals surface area contributed by atoms with E-state index in [-0.39, 0.29) is 18.6 Å². The molecule has 2 aromatic heterocycles. The van der Waals surface area contributed by atoms with Crippen LogP contribution in [0.25, 0.3) is 11.4 Å². The van der Waals surface area contributed by atoms with Crippen molar-refractivity contribution in [2.75, 3.05) is 20.3 Å². The highest BCUT2D eigenvalue weighted by molar-refractivity contribution is 5.78. The van der Waals surface area contributed by atoms with Gasteiger partial charge in [0.15, 0.2) is 0 Å². The van der Waals surface area contributed by atoms with Gasteiger partial charge >= 0.3 is 0 Å². The highest BCUT2D eigenvalue weighted by Gasteiger charge is 2.30. The summed E-state index contributed by atoms with van der Waals surface area (Å²) in [7, 11) is 1.53. The van der Waals surface area contributed by atoms with E-state index in [0.717, 1.165) is 42.2 Å². The average molecular weight is 301 g/mol. The molecule has 7 heteroatoms. The van der Waals surface area contributed by atoms with Crippen LogP contribution >= 0.6 is 0 Å². The second-order valence-corrected chi connectivity index (χ2v) is 5.44. The van der Waals surface area contributed by atoms with Crippen molar-refractivity contribution in [2.24, 2.45) is 0 Å². The van der Waals surface area contributed by atoms with Gasteiger partial charge in [0.25, 0.3) is 0 Å². The molecule has 2 aromatic rings. The number of likely N-dealkylation sites (tertiary alicyclic amines) is 1. The Morgan fingerprint density at radius 3 is 2.91 bits per heavy atom. The molecule has 1 aliphatic rings. The second kappa shape index (κ2) is 6.23. The van der Waals surface area contributed by atoms with E-state index in [1.54, 1.807) is 12.4 Å². The molecule has 0 bridgehead atoms. The first kappa shape index (κ1) is 14.6. The minimum atomic E-state index is -0.00915. The molecular formula is C15H19N5O2. The van der Waals surface area contributed by atoms with Crippen LogP contribution < -0.4 is 0 Å². The summed E-state index contributed by atoms with van der Waals surface area (Å²) in [4.78, 5) is 22.8. The monoisotopic (exact) mass is 301 g/mol. The van der Waals surface area contributed by atoms with E-state index in [2.05, 4.69) is 20.2 Å². The number of aromatic amines is 1. The fourth-order valence-electron chi connectivity index (χ4n) is 2.77. The van der Waals surface area contributed by atoms with Gasteiger partial charge in [0.2, 0.25) is 5.91 Å². The summed E-state index contributed by atoms with van der Waals surface area (Å²) in [6.45, 7) is 2.79. The van der Waals surface area contributed by atoms with Gasteiger partial charge in [-0.3, -0.25) is 19.9 Å². The number of amides is 1. The van der Waals surface area contributed by atoms with E-state index in [1.165, 1.54) is 7.11 Å². The summed E-state index contributed by atoms with van der Waals surface area (Å²) >= 11 is 0. The van der Waals surface area contributed by atoms with E-state index in [4.69, 9.17) is 4.74 Å². The number of carbonyl (C=O) groups excluding carboxylic acids is 1. The van der Waals surface area contributed by atoms with Gasteiger partial charge in [-0.1, -0.05) is 0 Å². The van der Waals surface area contributed by atoms with Crippen LogP contribution in [0.5, 0.6) is 0 Å². The molecule has 3 heterocycles. The van der Waals surface area contributed by atoms with Gasteiger partial charge in [0.05, 0.1) is 24.1 Å². The fourth-order valence-corrected chi connectivity index (χ4v) is 2.77. The minimum Gasteiger partial charge on any atom is -0.375 e. The SMILES string of the molecule is COCC(=O)N1CCC[C@H]1c1cnc(-c2cc(C)[nH]n2)cn1. The molecule has 1 fully saturated rings. The molecule has 0 aromatic carbocycles. The number of aromatic nitrogens is 4. The van der Waals surface area contributed by atoms with Crippen molar-refractivity contribution < 1.29 is 9.53 Å². The Hall–Kier alpha value is -2.28. The van der Waals surface area contributed by atoms with E-state index >= 15 is 0 Å². The van der Waals surface area contributed by atoms with Gasteiger partial charge < -0.3 is 9.64 Å². The molecule has 7 nitrogen and oxygen atoms in total. The highest BCUT2D eigenvalue weighted by Crippen LogP contribution is 2.30. The van der Waals surface area contributed by atoms with Crippen LogP contribution in [0.15, 0.2) is 18.5 Å². The standard InChI is InChI=1S/C15H19N5O2/c1-10-6-11(19-18-10)12-7-17-13(8-16-12)14-4-3-5-20(14)15(21)9-22-2/h6-8,14H,3-5,9H2,1-2H3,(H,18,19)/t14-/m0/s1. The third kappa shape index (κ3) is 2.85. The van der Waals surface area contributed by atoms with Crippen LogP contribution in [-0.4, -0.2) is 51.2 Å². The Morgan fingerprint density at radius 1 is 1.41 bits per heavy atom. The van der Waals surface area contributed by atoms with Crippen LogP contribution in [0.4, 0.5) is 0 Å². The molecule has 0 spiro atoms. The number of H-pyrrole nitrogens is 1. The maximum absolute atomic E-state index is 12.1. The molecule has 0 saturated carbocycles. The number of carbonyl (C=O) groups is 1. The van der Waals surface area contributed by atoms with Crippen molar-refractivity contribution in [1.82, 2.24) is 25.1 Å². The number of ether oxygens (including phenoxy) is 1. The molecule has 1 aliphatic heterocycles. The Labute approximate surface area is 128 Å². The summed E-state index contributed by atoms with van der Waals surface area (Å²) in [6, 6.07) is 1.92. The predicted octanol–water partition coefficient (Wildman–Crippen LogP) is 1.49. The van der Waals surface area contributed by atoms with Gasteiger partial charge in [0.1, 0.15) is 18.0 Å². The number of hydrogen-bond donors (Lipinski definition) is 1. The Balaban J connectivity index is 1.78. The molecule has 1 N–H and O–H groups in total. The highest BCUT2D eigenvalue weighted by atomic mass is 16.5. The predicted molar refractivity (Wildman–Crippen MR) is 79.9 cm³/mol. The zero-order valence-corrected chi connectivity index (χ0v) is 12.7. The molecule has 0 aliphatic carbocycles. The molecular weight excluding hydrogens is 282 g/mol. The topological polar surface area (TPSA) is 84.0 Å². The third-order valence-electron chi connectivity index (χ3n) is 3.82.